The molecule has 11 heteroatoms. The first-order valence-electron chi connectivity index (χ1n) is 22.2. The van der Waals surface area contributed by atoms with Gasteiger partial charge in [-0.25, -0.2) is 9.59 Å². The van der Waals surface area contributed by atoms with Crippen LogP contribution in [-0.4, -0.2) is 43.8 Å². The monoisotopic (exact) mass is 894 g/mol. The van der Waals surface area contributed by atoms with Crippen molar-refractivity contribution in [1.29, 1.82) is 0 Å². The average molecular weight is 896 g/mol. The number of phenolic OH excluding ortho intramolecular Hbond substituents is 2. The number of hydrogen-bond donors (Lipinski definition) is 4. The maximum atomic E-state index is 11.4. The first kappa shape index (κ1) is 54.9. The molecule has 0 heterocycles. The normalized spacial score (nSPS) is 11.1. The van der Waals surface area contributed by atoms with E-state index in [9.17, 15) is 19.8 Å². The van der Waals surface area contributed by atoms with E-state index in [0.717, 1.165) is 62.7 Å². The van der Waals surface area contributed by atoms with Crippen molar-refractivity contribution in [1.82, 2.24) is 0 Å². The summed E-state index contributed by atoms with van der Waals surface area (Å²) in [5.74, 6) is -5.13. The van der Waals surface area contributed by atoms with Crippen molar-refractivity contribution in [3.8, 4) is 23.0 Å². The molecule has 0 aliphatic carbocycles. The average Bonchev–Trinajstić information content (AvgIpc) is 3.25. The summed E-state index contributed by atoms with van der Waals surface area (Å²) in [6.07, 6.45) is 20.3. The molecule has 0 spiro atoms. The first-order chi connectivity index (χ1) is 29.5. The topological polar surface area (TPSA) is 186 Å². The van der Waals surface area contributed by atoms with Crippen LogP contribution in [0.1, 0.15) is 169 Å². The molecule has 0 unspecified atom stereocenters. The van der Waals surface area contributed by atoms with Gasteiger partial charge in [-0.3, -0.25) is 9.98 Å². The van der Waals surface area contributed by atoms with Crippen LogP contribution >= 0.6 is 0 Å². The van der Waals surface area contributed by atoms with Gasteiger partial charge in [0.2, 0.25) is 0 Å². The van der Waals surface area contributed by atoms with E-state index in [-0.39, 0.29) is 27.6 Å². The number of para-hydroxylation sites is 2. The van der Waals surface area contributed by atoms with Crippen molar-refractivity contribution in [2.45, 2.75) is 150 Å². The number of carboxylic acid groups (broad SMARTS) is 2. The van der Waals surface area contributed by atoms with Crippen molar-refractivity contribution in [3.05, 3.63) is 107 Å². The Kier molecular flexibility index (Phi) is 28.8. The quantitative estimate of drug-likeness (QED) is 0.0304. The summed E-state index contributed by atoms with van der Waals surface area (Å²) in [4.78, 5) is 31.9. The van der Waals surface area contributed by atoms with Crippen LogP contribution in [0, 0.1) is 0 Å². The number of aryl methyl sites for hydroxylation is 2. The van der Waals surface area contributed by atoms with Crippen LogP contribution in [0.15, 0.2) is 94.9 Å². The fourth-order valence-electron chi connectivity index (χ4n) is 6.70. The predicted octanol–water partition coefficient (Wildman–Crippen LogP) is 12.7. The van der Waals surface area contributed by atoms with Gasteiger partial charge in [-0.1, -0.05) is 158 Å². The molecule has 4 rings (SSSR count). The number of aromatic carboxylic acids is 2. The third-order valence-electron chi connectivity index (χ3n) is 10.1. The van der Waals surface area contributed by atoms with Crippen LogP contribution in [0.4, 0.5) is 11.4 Å². The van der Waals surface area contributed by atoms with Crippen LogP contribution in [0.2, 0.25) is 0 Å². The number of benzene rings is 4. The van der Waals surface area contributed by atoms with Crippen LogP contribution in [0.5, 0.6) is 23.0 Å². The fraction of sp³-hybridized carbons (Fsp3) is 0.451. The molecule has 0 bridgehead atoms. The molecule has 4 N–H and O–H groups in total. The van der Waals surface area contributed by atoms with Gasteiger partial charge < -0.3 is 30.6 Å². The van der Waals surface area contributed by atoms with Gasteiger partial charge in [0, 0.05) is 0 Å². The minimum absolute atomic E-state index is 0. The summed E-state index contributed by atoms with van der Waals surface area (Å²) < 4.78 is 0. The number of carbonyl (C=O) groups is 2. The second-order valence-corrected chi connectivity index (χ2v) is 15.2. The van der Waals surface area contributed by atoms with Gasteiger partial charge >= 0.3 is 28.4 Å². The Morgan fingerprint density at radius 3 is 1.16 bits per heavy atom. The zero-order valence-electron chi connectivity index (χ0n) is 37.2. The second kappa shape index (κ2) is 32.6. The van der Waals surface area contributed by atoms with Crippen LogP contribution in [0.3, 0.4) is 0 Å². The van der Waals surface area contributed by atoms with Gasteiger partial charge in [0.15, 0.2) is 0 Å². The van der Waals surface area contributed by atoms with E-state index < -0.39 is 34.9 Å². The molecule has 0 atom stereocenters. The molecule has 0 aliphatic heterocycles. The summed E-state index contributed by atoms with van der Waals surface area (Å²) in [6, 6.07) is 26.2. The fourth-order valence-corrected chi connectivity index (χ4v) is 6.70. The van der Waals surface area contributed by atoms with E-state index in [1.54, 1.807) is 0 Å². The van der Waals surface area contributed by atoms with Gasteiger partial charge in [0.25, 0.3) is 0 Å². The number of carboxylic acids is 2. The van der Waals surface area contributed by atoms with Crippen LogP contribution in [0.25, 0.3) is 0 Å². The standard InChI is InChI=1S/C27H38N2.2C12H16O4.Ni/c1-3-5-7-8-9-17-23-27(29-25-20-15-11-16-21-25)26(22-12-6-4-2)28-24-18-13-10-14-19-24;2*1-2-3-4-5-8-6-7-9(13)11(14)10(8)12(15)16;/h10-11,13-16,18-21H,3-9,12,17,22-23H2,1-2H3;2*6-7,13-14H,2-5H2,1H3,(H,15,16);/q;;;+2/p-2. The Balaban J connectivity index is 0.000000497. The van der Waals surface area contributed by atoms with Gasteiger partial charge in [-0.05, 0) is 98.9 Å². The third kappa shape index (κ3) is 20.6. The molecular formula is C51H68N2NiO8. The molecule has 4 aromatic rings. The molecule has 0 radical (unpaired) electrons. The SMILES string of the molecule is CCCCCCCCC(=Nc1ccccc1)C(CCCCC)=Nc1ccccc1.CCCCCc1ccc(O)c([O-])c1C(=O)O.CCCCCc1ccc(O)c([O-])c1C(=O)O.[Ni+2]. The van der Waals surface area contributed by atoms with E-state index in [1.165, 1.54) is 93.5 Å². The zero-order valence-corrected chi connectivity index (χ0v) is 38.1. The molecule has 0 fully saturated rings. The van der Waals surface area contributed by atoms with Crippen molar-refractivity contribution in [2.24, 2.45) is 9.98 Å². The van der Waals surface area contributed by atoms with E-state index in [4.69, 9.17) is 30.4 Å². The van der Waals surface area contributed by atoms with E-state index in [1.807, 2.05) is 26.0 Å². The minimum Gasteiger partial charge on any atom is -0.869 e. The summed E-state index contributed by atoms with van der Waals surface area (Å²) in [5.41, 5.74) is 4.82. The number of nitrogens with zero attached hydrogens (tertiary/aromatic N) is 2. The Labute approximate surface area is 379 Å². The van der Waals surface area contributed by atoms with Crippen LogP contribution < -0.4 is 10.2 Å². The van der Waals surface area contributed by atoms with E-state index >= 15 is 0 Å². The summed E-state index contributed by atoms with van der Waals surface area (Å²) in [6.45, 7) is 8.62. The molecule has 0 saturated heterocycles. The minimum atomic E-state index is -1.27. The Morgan fingerprint density at radius 1 is 0.468 bits per heavy atom. The first-order valence-corrected chi connectivity index (χ1v) is 22.2. The number of phenols is 2. The summed E-state index contributed by atoms with van der Waals surface area (Å²) in [5, 5.41) is 59.0. The second-order valence-electron chi connectivity index (χ2n) is 15.2. The van der Waals surface area contributed by atoms with Gasteiger partial charge in [0.1, 0.15) is 11.5 Å². The maximum Gasteiger partial charge on any atom is 2.00 e. The smallest absolute Gasteiger partial charge is 0.869 e. The third-order valence-corrected chi connectivity index (χ3v) is 10.1. The Bertz CT molecular complexity index is 1860. The van der Waals surface area contributed by atoms with E-state index in [2.05, 4.69) is 62.4 Å². The maximum absolute atomic E-state index is 11.4. The number of rotatable bonds is 24. The molecule has 0 amide bonds. The molecular weight excluding hydrogens is 827 g/mol. The molecule has 4 aromatic carbocycles. The van der Waals surface area contributed by atoms with Crippen molar-refractivity contribution < 1.29 is 56.7 Å². The molecule has 0 aromatic heterocycles. The van der Waals surface area contributed by atoms with Gasteiger partial charge in [0.05, 0.1) is 33.9 Å². The molecule has 0 aliphatic rings. The molecule has 10 nitrogen and oxygen atoms in total. The number of aliphatic imine (C=N–C) groups is 2. The van der Waals surface area contributed by atoms with Gasteiger partial charge in [-0.15, -0.1) is 0 Å². The summed E-state index contributed by atoms with van der Waals surface area (Å²) >= 11 is 0. The van der Waals surface area contributed by atoms with E-state index in [0.29, 0.717) is 24.0 Å². The van der Waals surface area contributed by atoms with Gasteiger partial charge in [-0.2, -0.15) is 0 Å². The molecule has 62 heavy (non-hydrogen) atoms. The number of unbranched alkanes of at least 4 members (excludes halogenated alkanes) is 11. The largest absolute Gasteiger partial charge is 2.00 e. The van der Waals surface area contributed by atoms with Crippen molar-refractivity contribution >= 4 is 34.7 Å². The van der Waals surface area contributed by atoms with Crippen LogP contribution in [-0.2, 0) is 29.3 Å². The summed E-state index contributed by atoms with van der Waals surface area (Å²) in [7, 11) is 0. The number of hydrogen-bond acceptors (Lipinski definition) is 8. The molecule has 0 saturated carbocycles. The Hall–Kier alpha value is -5.15. The predicted molar refractivity (Wildman–Crippen MR) is 245 cm³/mol. The van der Waals surface area contributed by atoms with Crippen molar-refractivity contribution in [3.63, 3.8) is 0 Å². The van der Waals surface area contributed by atoms with Crippen molar-refractivity contribution in [2.75, 3.05) is 0 Å². The zero-order chi connectivity index (χ0) is 44.8. The Morgan fingerprint density at radius 2 is 0.790 bits per heavy atom. The number of aromatic hydroxyl groups is 2. The molecule has 340 valence electrons.